The van der Waals surface area contributed by atoms with E-state index in [0.717, 1.165) is 55.6 Å². The molecule has 1 N–H and O–H groups in total. The topological polar surface area (TPSA) is 97.0 Å². The smallest absolute Gasteiger partial charge is 0.323 e. The second-order valence-corrected chi connectivity index (χ2v) is 9.71. The number of aromatic nitrogens is 4. The summed E-state index contributed by atoms with van der Waals surface area (Å²) in [6.07, 6.45) is 7.07. The number of rotatable bonds is 4. The number of carbonyl (C=O) groups excluding carboxylic acids is 1. The Labute approximate surface area is 190 Å². The number of benzene rings is 1. The Bertz CT molecular complexity index is 1220. The van der Waals surface area contributed by atoms with Gasteiger partial charge in [-0.1, -0.05) is 13.0 Å². The van der Waals surface area contributed by atoms with Crippen LogP contribution < -0.4 is 5.32 Å². The molecule has 2 aromatic heterocycles. The fourth-order valence-electron chi connectivity index (χ4n) is 5.44. The fourth-order valence-corrected chi connectivity index (χ4v) is 5.44. The molecule has 9 heteroatoms. The number of anilines is 1. The summed E-state index contributed by atoms with van der Waals surface area (Å²) in [6.45, 7) is 4.14. The molecule has 33 heavy (non-hydrogen) atoms. The lowest BCUT2D eigenvalue weighted by molar-refractivity contribution is -0.110. The number of halogens is 1. The molecule has 4 heterocycles. The molecule has 1 saturated carbocycles. The number of piperidine rings is 1. The Morgan fingerprint density at radius 1 is 1.21 bits per heavy atom. The minimum Gasteiger partial charge on any atom is -0.422 e. The van der Waals surface area contributed by atoms with Gasteiger partial charge >= 0.3 is 6.03 Å². The Hall–Kier alpha value is -3.36. The van der Waals surface area contributed by atoms with Crippen LogP contribution in [0.15, 0.2) is 35.0 Å². The highest BCUT2D eigenvalue weighted by Gasteiger charge is 2.62. The SMILES string of the molecule is Cc1ccc(NC(=O)N2[C@H]3C[C@@H](C)C[C@]2(c2nnc(C4CC4)o2)C3)cc1-c1ncc(F)cn1. The van der Waals surface area contributed by atoms with Crippen molar-refractivity contribution < 1.29 is 13.6 Å². The lowest BCUT2D eigenvalue weighted by atomic mass is 9.64. The molecule has 3 atom stereocenters. The number of nitrogens with zero attached hydrogens (tertiary/aromatic N) is 5. The first-order valence-corrected chi connectivity index (χ1v) is 11.5. The maximum Gasteiger partial charge on any atom is 0.323 e. The molecule has 2 saturated heterocycles. The van der Waals surface area contributed by atoms with Gasteiger partial charge in [-0.2, -0.15) is 0 Å². The second-order valence-electron chi connectivity index (χ2n) is 9.71. The van der Waals surface area contributed by atoms with Crippen LogP contribution in [0.1, 0.15) is 62.3 Å². The average Bonchev–Trinajstić information content (AvgIpc) is 3.51. The molecule has 2 amide bonds. The molecule has 170 valence electrons. The molecule has 3 aromatic rings. The monoisotopic (exact) mass is 448 g/mol. The predicted octanol–water partition coefficient (Wildman–Crippen LogP) is 4.78. The molecule has 6 rings (SSSR count). The molecule has 0 radical (unpaired) electrons. The summed E-state index contributed by atoms with van der Waals surface area (Å²) in [5.41, 5.74) is 1.76. The van der Waals surface area contributed by atoms with Crippen molar-refractivity contribution in [3.05, 3.63) is 53.8 Å². The van der Waals surface area contributed by atoms with Gasteiger partial charge in [-0.25, -0.2) is 19.2 Å². The van der Waals surface area contributed by atoms with Crippen molar-refractivity contribution in [3.63, 3.8) is 0 Å². The van der Waals surface area contributed by atoms with Gasteiger partial charge in [-0.05, 0) is 56.2 Å². The summed E-state index contributed by atoms with van der Waals surface area (Å²) in [5, 5.41) is 11.7. The summed E-state index contributed by atoms with van der Waals surface area (Å²) in [7, 11) is 0. The molecule has 3 aliphatic rings. The Morgan fingerprint density at radius 3 is 2.76 bits per heavy atom. The number of hydrogen-bond acceptors (Lipinski definition) is 6. The number of carbonyl (C=O) groups is 1. The van der Waals surface area contributed by atoms with Gasteiger partial charge < -0.3 is 14.6 Å². The van der Waals surface area contributed by atoms with Gasteiger partial charge in [0.15, 0.2) is 11.6 Å². The normalized spacial score (nSPS) is 26.1. The Morgan fingerprint density at radius 2 is 2.00 bits per heavy atom. The highest BCUT2D eigenvalue weighted by molar-refractivity contribution is 5.91. The van der Waals surface area contributed by atoms with Crippen LogP contribution in [0.3, 0.4) is 0 Å². The molecule has 1 aromatic carbocycles. The van der Waals surface area contributed by atoms with E-state index < -0.39 is 11.4 Å². The van der Waals surface area contributed by atoms with Crippen LogP contribution in [0.25, 0.3) is 11.4 Å². The molecule has 0 spiro atoms. The van der Waals surface area contributed by atoms with E-state index in [1.807, 2.05) is 30.0 Å². The quantitative estimate of drug-likeness (QED) is 0.617. The van der Waals surface area contributed by atoms with Gasteiger partial charge in [-0.15, -0.1) is 10.2 Å². The molecular weight excluding hydrogens is 423 g/mol. The third-order valence-corrected chi connectivity index (χ3v) is 7.09. The maximum atomic E-state index is 13.5. The van der Waals surface area contributed by atoms with Gasteiger partial charge in [0.25, 0.3) is 0 Å². The van der Waals surface area contributed by atoms with Crippen molar-refractivity contribution in [3.8, 4) is 11.4 Å². The molecule has 2 bridgehead atoms. The third-order valence-electron chi connectivity index (χ3n) is 7.09. The van der Waals surface area contributed by atoms with Crippen molar-refractivity contribution in [2.24, 2.45) is 5.92 Å². The van der Waals surface area contributed by atoms with Crippen molar-refractivity contribution in [2.45, 2.75) is 63.5 Å². The first kappa shape index (κ1) is 20.3. The van der Waals surface area contributed by atoms with E-state index in [4.69, 9.17) is 4.42 Å². The van der Waals surface area contributed by atoms with Gasteiger partial charge in [0.05, 0.1) is 12.4 Å². The van der Waals surface area contributed by atoms with Crippen LogP contribution in [0.4, 0.5) is 14.9 Å². The zero-order valence-corrected chi connectivity index (χ0v) is 18.6. The van der Waals surface area contributed by atoms with Crippen LogP contribution in [0.5, 0.6) is 0 Å². The lowest BCUT2D eigenvalue weighted by Gasteiger charge is -2.61. The van der Waals surface area contributed by atoms with E-state index >= 15 is 0 Å². The number of fused-ring (bicyclic) bond motifs is 2. The van der Waals surface area contributed by atoms with Crippen molar-refractivity contribution >= 4 is 11.7 Å². The molecule has 3 fully saturated rings. The van der Waals surface area contributed by atoms with Gasteiger partial charge in [-0.3, -0.25) is 0 Å². The summed E-state index contributed by atoms with van der Waals surface area (Å²) in [6, 6.07) is 5.54. The Balaban J connectivity index is 1.27. The highest BCUT2D eigenvalue weighted by Crippen LogP contribution is 2.56. The largest absolute Gasteiger partial charge is 0.422 e. The van der Waals surface area contributed by atoms with Crippen LogP contribution in [0, 0.1) is 18.7 Å². The summed E-state index contributed by atoms with van der Waals surface area (Å²) in [5.74, 6) is 2.04. The number of hydrogen-bond donors (Lipinski definition) is 1. The summed E-state index contributed by atoms with van der Waals surface area (Å²) >= 11 is 0. The first-order chi connectivity index (χ1) is 15.9. The standard InChI is InChI=1S/C24H25FN6O2/c1-13-7-18-10-24(9-13,22-30-29-21(33-22)15-4-5-15)31(18)23(32)28-17-6-3-14(2)19(8-17)20-26-11-16(25)12-27-20/h3,6,8,11-13,15,18H,4-5,7,9-10H2,1-2H3,(H,28,32)/t13-,18+,24-/m1/s1. The van der Waals surface area contributed by atoms with Gasteiger partial charge in [0.2, 0.25) is 11.8 Å². The highest BCUT2D eigenvalue weighted by atomic mass is 19.1. The number of aryl methyl sites for hydroxylation is 1. The summed E-state index contributed by atoms with van der Waals surface area (Å²) in [4.78, 5) is 23.5. The van der Waals surface area contributed by atoms with Crippen LogP contribution in [0.2, 0.25) is 0 Å². The van der Waals surface area contributed by atoms with Crippen LogP contribution in [-0.4, -0.2) is 37.1 Å². The molecule has 1 aliphatic carbocycles. The van der Waals surface area contributed by atoms with Crippen molar-refractivity contribution in [2.75, 3.05) is 5.32 Å². The van der Waals surface area contributed by atoms with E-state index in [2.05, 4.69) is 32.4 Å². The minimum atomic E-state index is -0.542. The van der Waals surface area contributed by atoms with E-state index in [1.54, 1.807) is 0 Å². The number of urea groups is 1. The van der Waals surface area contributed by atoms with E-state index in [1.165, 1.54) is 0 Å². The van der Waals surface area contributed by atoms with Gasteiger partial charge in [0, 0.05) is 29.6 Å². The first-order valence-electron chi connectivity index (χ1n) is 11.5. The minimum absolute atomic E-state index is 0.148. The number of amides is 2. The lowest BCUT2D eigenvalue weighted by Crippen LogP contribution is -2.70. The molecule has 0 unspecified atom stereocenters. The van der Waals surface area contributed by atoms with E-state index in [-0.39, 0.29) is 12.1 Å². The third kappa shape index (κ3) is 3.37. The average molecular weight is 449 g/mol. The predicted molar refractivity (Wildman–Crippen MR) is 118 cm³/mol. The van der Waals surface area contributed by atoms with Crippen LogP contribution in [-0.2, 0) is 5.54 Å². The molecule has 8 nitrogen and oxygen atoms in total. The molecule has 2 aliphatic heterocycles. The van der Waals surface area contributed by atoms with Crippen molar-refractivity contribution in [1.82, 2.24) is 25.1 Å². The number of nitrogens with one attached hydrogen (secondary N) is 1. The van der Waals surface area contributed by atoms with E-state index in [9.17, 15) is 9.18 Å². The zero-order chi connectivity index (χ0) is 22.7. The van der Waals surface area contributed by atoms with Gasteiger partial charge in [0.1, 0.15) is 5.54 Å². The Kier molecular flexibility index (Phi) is 4.50. The zero-order valence-electron chi connectivity index (χ0n) is 18.6. The van der Waals surface area contributed by atoms with Crippen LogP contribution >= 0.6 is 0 Å². The fraction of sp³-hybridized carbons (Fsp3) is 0.458. The van der Waals surface area contributed by atoms with E-state index in [0.29, 0.717) is 35.1 Å². The van der Waals surface area contributed by atoms with Crippen molar-refractivity contribution in [1.29, 1.82) is 0 Å². The second kappa shape index (κ2) is 7.33. The summed E-state index contributed by atoms with van der Waals surface area (Å²) < 4.78 is 19.3. The maximum absolute atomic E-state index is 13.5. The molecular formula is C24H25FN6O2.